The maximum absolute atomic E-state index is 11.2. The van der Waals surface area contributed by atoms with Gasteiger partial charge in [-0.05, 0) is 25.0 Å². The fraction of sp³-hybridized carbons (Fsp3) is 0.615. The zero-order valence-electron chi connectivity index (χ0n) is 10.5. The van der Waals surface area contributed by atoms with Crippen molar-refractivity contribution in [1.29, 1.82) is 0 Å². The Bertz CT molecular complexity index is 381. The van der Waals surface area contributed by atoms with E-state index in [1.807, 2.05) is 5.43 Å². The number of carbonyl (C=O) groups excluding carboxylic acids is 1. The molecule has 0 unspecified atom stereocenters. The molecule has 1 amide bonds. The molecule has 3 N–H and O–H groups in total. The van der Waals surface area contributed by atoms with Crippen molar-refractivity contribution in [2.24, 2.45) is 5.84 Å². The zero-order valence-corrected chi connectivity index (χ0v) is 10.5. The minimum absolute atomic E-state index is 0.219. The van der Waals surface area contributed by atoms with E-state index in [1.54, 1.807) is 12.1 Å². The molecule has 1 aromatic heterocycles. The predicted molar refractivity (Wildman–Crippen MR) is 66.6 cm³/mol. The number of nitrogen functional groups attached to an aromatic ring is 1. The molecule has 18 heavy (non-hydrogen) atoms. The third-order valence-electron chi connectivity index (χ3n) is 3.28. The molecule has 5 heteroatoms. The SMILES string of the molecule is NNC(=O)c1ccc(COC2CCCCCC2)o1. The van der Waals surface area contributed by atoms with E-state index in [2.05, 4.69) is 0 Å². The fourth-order valence-corrected chi connectivity index (χ4v) is 2.26. The van der Waals surface area contributed by atoms with Crippen molar-refractivity contribution < 1.29 is 13.9 Å². The van der Waals surface area contributed by atoms with Gasteiger partial charge in [0.25, 0.3) is 0 Å². The highest BCUT2D eigenvalue weighted by Crippen LogP contribution is 2.21. The van der Waals surface area contributed by atoms with Crippen molar-refractivity contribution >= 4 is 5.91 Å². The Morgan fingerprint density at radius 3 is 2.72 bits per heavy atom. The van der Waals surface area contributed by atoms with E-state index >= 15 is 0 Å². The van der Waals surface area contributed by atoms with Crippen molar-refractivity contribution in [3.63, 3.8) is 0 Å². The van der Waals surface area contributed by atoms with Gasteiger partial charge in [0.05, 0.1) is 6.10 Å². The number of nitrogens with two attached hydrogens (primary N) is 1. The third-order valence-corrected chi connectivity index (χ3v) is 3.28. The Hall–Kier alpha value is -1.33. The molecule has 1 heterocycles. The lowest BCUT2D eigenvalue weighted by Gasteiger charge is -2.13. The van der Waals surface area contributed by atoms with Gasteiger partial charge in [-0.25, -0.2) is 5.84 Å². The quantitative estimate of drug-likeness (QED) is 0.372. The molecule has 0 atom stereocenters. The van der Waals surface area contributed by atoms with Crippen LogP contribution in [0.15, 0.2) is 16.5 Å². The van der Waals surface area contributed by atoms with Crippen LogP contribution in [0.1, 0.15) is 54.8 Å². The zero-order chi connectivity index (χ0) is 12.8. The number of amides is 1. The molecule has 1 aliphatic rings. The van der Waals surface area contributed by atoms with Crippen LogP contribution in [-0.2, 0) is 11.3 Å². The van der Waals surface area contributed by atoms with E-state index < -0.39 is 5.91 Å². The van der Waals surface area contributed by atoms with Crippen molar-refractivity contribution in [3.05, 3.63) is 23.7 Å². The van der Waals surface area contributed by atoms with E-state index in [-0.39, 0.29) is 5.76 Å². The second kappa shape index (κ2) is 6.56. The van der Waals surface area contributed by atoms with Crippen LogP contribution in [-0.4, -0.2) is 12.0 Å². The lowest BCUT2D eigenvalue weighted by atomic mass is 10.1. The molecule has 100 valence electrons. The van der Waals surface area contributed by atoms with Crippen molar-refractivity contribution in [2.75, 3.05) is 0 Å². The topological polar surface area (TPSA) is 77.5 Å². The minimum atomic E-state index is -0.421. The average molecular weight is 252 g/mol. The molecule has 0 bridgehead atoms. The number of rotatable bonds is 4. The summed E-state index contributed by atoms with van der Waals surface area (Å²) in [6.45, 7) is 0.419. The van der Waals surface area contributed by atoms with Crippen LogP contribution in [0.5, 0.6) is 0 Å². The maximum atomic E-state index is 11.2. The molecule has 1 fully saturated rings. The Morgan fingerprint density at radius 2 is 2.06 bits per heavy atom. The van der Waals surface area contributed by atoms with Gasteiger partial charge < -0.3 is 9.15 Å². The van der Waals surface area contributed by atoms with E-state index in [4.69, 9.17) is 15.0 Å². The molecule has 1 saturated carbocycles. The monoisotopic (exact) mass is 252 g/mol. The molecule has 0 radical (unpaired) electrons. The predicted octanol–water partition coefficient (Wildman–Crippen LogP) is 2.12. The largest absolute Gasteiger partial charge is 0.453 e. The highest BCUT2D eigenvalue weighted by molar-refractivity contribution is 5.90. The van der Waals surface area contributed by atoms with Gasteiger partial charge in [-0.2, -0.15) is 0 Å². The molecular weight excluding hydrogens is 232 g/mol. The van der Waals surface area contributed by atoms with Gasteiger partial charge in [0.15, 0.2) is 5.76 Å². The van der Waals surface area contributed by atoms with Gasteiger partial charge in [-0.1, -0.05) is 25.7 Å². The number of hydrogen-bond acceptors (Lipinski definition) is 4. The molecule has 0 aromatic carbocycles. The molecule has 0 spiro atoms. The molecule has 0 aliphatic heterocycles. The average Bonchev–Trinajstić information content (AvgIpc) is 2.71. The molecular formula is C13H20N2O3. The van der Waals surface area contributed by atoms with Crippen LogP contribution in [0, 0.1) is 0 Å². The van der Waals surface area contributed by atoms with E-state index in [9.17, 15) is 4.79 Å². The number of furan rings is 1. The van der Waals surface area contributed by atoms with Crippen LogP contribution < -0.4 is 11.3 Å². The number of hydrazine groups is 1. The first-order chi connectivity index (χ1) is 8.79. The lowest BCUT2D eigenvalue weighted by Crippen LogP contribution is -2.29. The summed E-state index contributed by atoms with van der Waals surface area (Å²) < 4.78 is 11.2. The van der Waals surface area contributed by atoms with Gasteiger partial charge in [-0.3, -0.25) is 10.2 Å². The van der Waals surface area contributed by atoms with E-state index in [0.29, 0.717) is 18.5 Å². The van der Waals surface area contributed by atoms with Crippen molar-refractivity contribution in [2.45, 2.75) is 51.2 Å². The Labute approximate surface area is 107 Å². The van der Waals surface area contributed by atoms with E-state index in [0.717, 1.165) is 12.8 Å². The third kappa shape index (κ3) is 3.58. The summed E-state index contributed by atoms with van der Waals surface area (Å²) >= 11 is 0. The number of hydrogen-bond donors (Lipinski definition) is 2. The second-order valence-corrected chi connectivity index (χ2v) is 4.66. The van der Waals surface area contributed by atoms with Crippen molar-refractivity contribution in [3.8, 4) is 0 Å². The second-order valence-electron chi connectivity index (χ2n) is 4.66. The first-order valence-electron chi connectivity index (χ1n) is 6.51. The van der Waals surface area contributed by atoms with Crippen LogP contribution >= 0.6 is 0 Å². The lowest BCUT2D eigenvalue weighted by molar-refractivity contribution is 0.0215. The van der Waals surface area contributed by atoms with Gasteiger partial charge in [0, 0.05) is 0 Å². The molecule has 1 aromatic rings. The Kier molecular flexibility index (Phi) is 4.78. The van der Waals surface area contributed by atoms with Crippen LogP contribution in [0.25, 0.3) is 0 Å². The summed E-state index contributed by atoms with van der Waals surface area (Å²) in [4.78, 5) is 11.2. The summed E-state index contributed by atoms with van der Waals surface area (Å²) in [5, 5.41) is 0. The summed E-state index contributed by atoms with van der Waals surface area (Å²) in [6, 6.07) is 3.36. The molecule has 0 saturated heterocycles. The first-order valence-corrected chi connectivity index (χ1v) is 6.51. The molecule has 2 rings (SSSR count). The van der Waals surface area contributed by atoms with Gasteiger partial charge >= 0.3 is 5.91 Å². The number of ether oxygens (including phenoxy) is 1. The molecule has 1 aliphatic carbocycles. The summed E-state index contributed by atoms with van der Waals surface area (Å²) in [7, 11) is 0. The first kappa shape index (κ1) is 13.1. The van der Waals surface area contributed by atoms with Crippen LogP contribution in [0.2, 0.25) is 0 Å². The number of nitrogens with one attached hydrogen (secondary N) is 1. The van der Waals surface area contributed by atoms with Crippen LogP contribution in [0.4, 0.5) is 0 Å². The Balaban J connectivity index is 1.82. The van der Waals surface area contributed by atoms with E-state index in [1.165, 1.54) is 25.7 Å². The summed E-state index contributed by atoms with van der Waals surface area (Å²) in [6.07, 6.45) is 7.66. The standard InChI is InChI=1S/C13H20N2O3/c14-15-13(16)12-8-7-11(18-12)9-17-10-5-3-1-2-4-6-10/h7-8,10H,1-6,9,14H2,(H,15,16). The maximum Gasteiger partial charge on any atom is 0.300 e. The Morgan fingerprint density at radius 1 is 1.33 bits per heavy atom. The van der Waals surface area contributed by atoms with Gasteiger partial charge in [0.2, 0.25) is 0 Å². The van der Waals surface area contributed by atoms with Crippen LogP contribution in [0.3, 0.4) is 0 Å². The minimum Gasteiger partial charge on any atom is -0.453 e. The normalized spacial score (nSPS) is 17.4. The molecule has 5 nitrogen and oxygen atoms in total. The fourth-order valence-electron chi connectivity index (χ4n) is 2.26. The highest BCUT2D eigenvalue weighted by Gasteiger charge is 2.14. The number of carbonyl (C=O) groups is 1. The van der Waals surface area contributed by atoms with Gasteiger partial charge in [0.1, 0.15) is 12.4 Å². The summed E-state index contributed by atoms with van der Waals surface area (Å²) in [5.41, 5.74) is 2.03. The van der Waals surface area contributed by atoms with Crippen molar-refractivity contribution in [1.82, 2.24) is 5.43 Å². The summed E-state index contributed by atoms with van der Waals surface area (Å²) in [5.74, 6) is 5.49. The smallest absolute Gasteiger partial charge is 0.300 e. The highest BCUT2D eigenvalue weighted by atomic mass is 16.5. The van der Waals surface area contributed by atoms with Gasteiger partial charge in [-0.15, -0.1) is 0 Å².